The van der Waals surface area contributed by atoms with Gasteiger partial charge in [0.05, 0.1) is 24.8 Å². The molecule has 0 aliphatic carbocycles. The molecular weight excluding hydrogens is 246 g/mol. The lowest BCUT2D eigenvalue weighted by Crippen LogP contribution is -2.32. The summed E-state index contributed by atoms with van der Waals surface area (Å²) in [6.45, 7) is 3.95. The number of aryl methyl sites for hydroxylation is 1. The summed E-state index contributed by atoms with van der Waals surface area (Å²) in [5.74, 6) is -1.49. The molecule has 1 aromatic rings. The minimum absolute atomic E-state index is 0.0718. The summed E-state index contributed by atoms with van der Waals surface area (Å²) in [4.78, 5) is 36.4. The molecule has 2 rings (SSSR count). The summed E-state index contributed by atoms with van der Waals surface area (Å²) in [7, 11) is 1.29. The highest BCUT2D eigenvalue weighted by Gasteiger charge is 2.37. The second kappa shape index (κ2) is 4.84. The van der Waals surface area contributed by atoms with E-state index in [0.717, 1.165) is 11.1 Å². The summed E-state index contributed by atoms with van der Waals surface area (Å²) in [6, 6.07) is 3.49. The molecule has 1 heterocycles. The molecule has 1 aliphatic rings. The third-order valence-corrected chi connectivity index (χ3v) is 3.42. The number of esters is 1. The molecule has 100 valence electrons. The molecule has 0 spiro atoms. The number of nitrogens with zero attached hydrogens (tertiary/aromatic N) is 1. The van der Waals surface area contributed by atoms with E-state index in [1.54, 1.807) is 6.07 Å². The van der Waals surface area contributed by atoms with E-state index in [1.165, 1.54) is 12.0 Å². The number of amides is 1. The van der Waals surface area contributed by atoms with E-state index < -0.39 is 17.7 Å². The van der Waals surface area contributed by atoms with Crippen molar-refractivity contribution in [3.8, 4) is 0 Å². The molecule has 0 radical (unpaired) electrons. The molecule has 0 unspecified atom stereocenters. The lowest BCUT2D eigenvalue weighted by Gasteiger charge is -2.18. The maximum absolute atomic E-state index is 12.0. The molecule has 0 fully saturated rings. The van der Waals surface area contributed by atoms with Crippen molar-refractivity contribution in [1.29, 1.82) is 0 Å². The third-order valence-electron chi connectivity index (χ3n) is 3.42. The second-order valence-electron chi connectivity index (χ2n) is 4.52. The van der Waals surface area contributed by atoms with Crippen LogP contribution in [0.2, 0.25) is 0 Å². The number of ether oxygens (including phenoxy) is 1. The van der Waals surface area contributed by atoms with Crippen molar-refractivity contribution in [2.24, 2.45) is 0 Å². The predicted molar refractivity (Wildman–Crippen MR) is 69.2 cm³/mol. The number of methoxy groups -OCH3 is 1. The smallest absolute Gasteiger partial charge is 0.307 e. The number of anilines is 1. The first-order valence-corrected chi connectivity index (χ1v) is 6.00. The zero-order valence-electron chi connectivity index (χ0n) is 11.1. The van der Waals surface area contributed by atoms with Gasteiger partial charge in [-0.05, 0) is 31.0 Å². The first-order valence-electron chi connectivity index (χ1n) is 6.00. The maximum atomic E-state index is 12.0. The average molecular weight is 261 g/mol. The molecule has 0 saturated heterocycles. The van der Waals surface area contributed by atoms with Gasteiger partial charge < -0.3 is 9.64 Å². The number of Topliss-reactive ketones (excluding diaryl/α,β-unsaturated/α-hetero) is 1. The fraction of sp³-hybridized carbons (Fsp3) is 0.357. The topological polar surface area (TPSA) is 63.7 Å². The van der Waals surface area contributed by atoms with Gasteiger partial charge in [0.15, 0.2) is 0 Å². The lowest BCUT2D eigenvalue weighted by molar-refractivity contribution is -0.140. The highest BCUT2D eigenvalue weighted by atomic mass is 16.5. The Balaban J connectivity index is 2.37. The molecule has 19 heavy (non-hydrogen) atoms. The Labute approximate surface area is 111 Å². The number of benzene rings is 1. The van der Waals surface area contributed by atoms with Gasteiger partial charge >= 0.3 is 5.97 Å². The molecule has 1 amide bonds. The molecule has 0 atom stereocenters. The lowest BCUT2D eigenvalue weighted by atomic mass is 10.0. The SMILES string of the molecule is COC(=O)CCN1C(=O)C(=O)c2ccc(C)c(C)c21. The van der Waals surface area contributed by atoms with Gasteiger partial charge in [0, 0.05) is 6.54 Å². The second-order valence-corrected chi connectivity index (χ2v) is 4.52. The van der Waals surface area contributed by atoms with E-state index in [4.69, 9.17) is 0 Å². The number of fused-ring (bicyclic) bond motifs is 1. The number of rotatable bonds is 3. The molecule has 1 aromatic carbocycles. The van der Waals surface area contributed by atoms with Crippen LogP contribution in [0.25, 0.3) is 0 Å². The predicted octanol–water partition coefficient (Wildman–Crippen LogP) is 1.40. The number of carbonyl (C=O) groups is 3. The van der Waals surface area contributed by atoms with Crippen LogP contribution in [0.15, 0.2) is 12.1 Å². The van der Waals surface area contributed by atoms with Crippen molar-refractivity contribution < 1.29 is 19.1 Å². The maximum Gasteiger partial charge on any atom is 0.307 e. The molecule has 0 bridgehead atoms. The van der Waals surface area contributed by atoms with Gasteiger partial charge in [0.1, 0.15) is 0 Å². The highest BCUT2D eigenvalue weighted by molar-refractivity contribution is 6.52. The van der Waals surface area contributed by atoms with Crippen molar-refractivity contribution >= 4 is 23.3 Å². The summed E-state index contributed by atoms with van der Waals surface area (Å²) in [6.07, 6.45) is 0.0718. The van der Waals surface area contributed by atoms with E-state index in [9.17, 15) is 14.4 Å². The molecule has 1 aliphatic heterocycles. The molecule has 5 nitrogen and oxygen atoms in total. The van der Waals surface area contributed by atoms with Crippen molar-refractivity contribution in [3.05, 3.63) is 28.8 Å². The molecular formula is C14H15NO4. The van der Waals surface area contributed by atoms with Crippen molar-refractivity contribution in [2.45, 2.75) is 20.3 Å². The standard InChI is InChI=1S/C14H15NO4/c1-8-4-5-10-12(9(8)2)15(14(18)13(10)17)7-6-11(16)19-3/h4-5H,6-7H2,1-3H3. The average Bonchev–Trinajstić information content (AvgIpc) is 2.65. The Morgan fingerprint density at radius 1 is 1.26 bits per heavy atom. The number of hydrogen-bond donors (Lipinski definition) is 0. The van der Waals surface area contributed by atoms with Crippen LogP contribution in [0.4, 0.5) is 5.69 Å². The van der Waals surface area contributed by atoms with Crippen molar-refractivity contribution in [3.63, 3.8) is 0 Å². The summed E-state index contributed by atoms with van der Waals surface area (Å²) < 4.78 is 4.55. The van der Waals surface area contributed by atoms with Gasteiger partial charge in [-0.15, -0.1) is 0 Å². The van der Waals surface area contributed by atoms with E-state index in [-0.39, 0.29) is 13.0 Å². The zero-order chi connectivity index (χ0) is 14.2. The van der Waals surface area contributed by atoms with Gasteiger partial charge in [-0.25, -0.2) is 0 Å². The minimum atomic E-state index is -0.576. The number of hydrogen-bond acceptors (Lipinski definition) is 4. The highest BCUT2D eigenvalue weighted by Crippen LogP contribution is 2.34. The molecule has 0 saturated carbocycles. The van der Waals surface area contributed by atoms with Crippen LogP contribution >= 0.6 is 0 Å². The van der Waals surface area contributed by atoms with E-state index in [1.807, 2.05) is 19.9 Å². The zero-order valence-corrected chi connectivity index (χ0v) is 11.1. The third kappa shape index (κ3) is 2.12. The van der Waals surface area contributed by atoms with Gasteiger partial charge in [-0.2, -0.15) is 0 Å². The normalized spacial score (nSPS) is 13.7. The monoisotopic (exact) mass is 261 g/mol. The van der Waals surface area contributed by atoms with Crippen LogP contribution in [0.3, 0.4) is 0 Å². The van der Waals surface area contributed by atoms with Gasteiger partial charge in [0.2, 0.25) is 0 Å². The summed E-state index contributed by atoms with van der Waals surface area (Å²) >= 11 is 0. The van der Waals surface area contributed by atoms with Crippen molar-refractivity contribution in [1.82, 2.24) is 0 Å². The molecule has 0 aromatic heterocycles. The van der Waals surface area contributed by atoms with E-state index in [2.05, 4.69) is 4.74 Å². The summed E-state index contributed by atoms with van der Waals surface area (Å²) in [5, 5.41) is 0. The quantitative estimate of drug-likeness (QED) is 0.609. The van der Waals surface area contributed by atoms with E-state index in [0.29, 0.717) is 11.3 Å². The van der Waals surface area contributed by atoms with Crippen LogP contribution in [0, 0.1) is 13.8 Å². The fourth-order valence-corrected chi connectivity index (χ4v) is 2.19. The van der Waals surface area contributed by atoms with Crippen LogP contribution < -0.4 is 4.90 Å². The van der Waals surface area contributed by atoms with Crippen LogP contribution in [0.5, 0.6) is 0 Å². The Morgan fingerprint density at radius 3 is 2.58 bits per heavy atom. The minimum Gasteiger partial charge on any atom is -0.469 e. The van der Waals surface area contributed by atoms with Crippen molar-refractivity contribution in [2.75, 3.05) is 18.6 Å². The fourth-order valence-electron chi connectivity index (χ4n) is 2.19. The number of ketones is 1. The molecule has 0 N–H and O–H groups in total. The van der Waals surface area contributed by atoms with Crippen LogP contribution in [-0.2, 0) is 14.3 Å². The van der Waals surface area contributed by atoms with Crippen LogP contribution in [-0.4, -0.2) is 31.3 Å². The number of carbonyl (C=O) groups excluding carboxylic acids is 3. The molecule has 5 heteroatoms. The largest absolute Gasteiger partial charge is 0.469 e. The summed E-state index contributed by atoms with van der Waals surface area (Å²) in [5.41, 5.74) is 2.93. The van der Waals surface area contributed by atoms with Gasteiger partial charge in [0.25, 0.3) is 11.7 Å². The Hall–Kier alpha value is -2.17. The Morgan fingerprint density at radius 2 is 1.95 bits per heavy atom. The van der Waals surface area contributed by atoms with Crippen LogP contribution in [0.1, 0.15) is 27.9 Å². The van der Waals surface area contributed by atoms with Gasteiger partial charge in [-0.1, -0.05) is 6.07 Å². The first kappa shape index (κ1) is 13.3. The Bertz CT molecular complexity index is 577. The van der Waals surface area contributed by atoms with E-state index >= 15 is 0 Å². The van der Waals surface area contributed by atoms with Gasteiger partial charge in [-0.3, -0.25) is 14.4 Å². The Kier molecular flexibility index (Phi) is 3.38. The first-order chi connectivity index (χ1) is 8.97.